The lowest BCUT2D eigenvalue weighted by Crippen LogP contribution is -2.45. The Morgan fingerprint density at radius 2 is 0.581 bits per heavy atom. The van der Waals surface area contributed by atoms with Gasteiger partial charge in [-0.15, -0.1) is 0 Å². The van der Waals surface area contributed by atoms with Gasteiger partial charge in [0.15, 0.2) is 11.6 Å². The van der Waals surface area contributed by atoms with Crippen molar-refractivity contribution in [3.05, 3.63) is 0 Å². The van der Waals surface area contributed by atoms with Crippen LogP contribution in [0.25, 0.3) is 0 Å². The van der Waals surface area contributed by atoms with Gasteiger partial charge in [-0.2, -0.15) is 0 Å². The molecule has 1 amide bonds. The van der Waals surface area contributed by atoms with E-state index in [1.165, 1.54) is 161 Å². The fourth-order valence-electron chi connectivity index (χ4n) is 6.17. The molecular formula is C39H75NO3. The third kappa shape index (κ3) is 30.6. The zero-order valence-electron chi connectivity index (χ0n) is 29.4. The summed E-state index contributed by atoms with van der Waals surface area (Å²) in [7, 11) is 0. The average Bonchev–Trinajstić information content (AvgIpc) is 2.99. The van der Waals surface area contributed by atoms with Crippen molar-refractivity contribution in [2.24, 2.45) is 0 Å². The molecule has 254 valence electrons. The predicted octanol–water partition coefficient (Wildman–Crippen LogP) is 12.2. The summed E-state index contributed by atoms with van der Waals surface area (Å²) >= 11 is 0. The third-order valence-corrected chi connectivity index (χ3v) is 9.05. The highest BCUT2D eigenvalue weighted by molar-refractivity contribution is 6.08. The van der Waals surface area contributed by atoms with Crippen LogP contribution in [0.2, 0.25) is 0 Å². The standard InChI is InChI=1S/C39H75NO3/c1-4-6-8-10-12-14-16-18-20-22-24-26-28-30-32-34-37(42)39(40-36(3)41)38(43)35-33-31-29-27-25-23-21-19-17-15-13-11-9-7-5-2/h39H,4-35H2,1-3H3,(H,40,41). The van der Waals surface area contributed by atoms with Crippen LogP contribution < -0.4 is 5.32 Å². The lowest BCUT2D eigenvalue weighted by atomic mass is 9.97. The van der Waals surface area contributed by atoms with E-state index in [1.54, 1.807) is 0 Å². The summed E-state index contributed by atoms with van der Waals surface area (Å²) in [5.74, 6) is -0.494. The van der Waals surface area contributed by atoms with Crippen molar-refractivity contribution in [3.8, 4) is 0 Å². The van der Waals surface area contributed by atoms with Crippen LogP contribution in [0, 0.1) is 0 Å². The van der Waals surface area contributed by atoms with Crippen molar-refractivity contribution in [1.82, 2.24) is 5.32 Å². The van der Waals surface area contributed by atoms with Crippen molar-refractivity contribution >= 4 is 17.5 Å². The highest BCUT2D eigenvalue weighted by Gasteiger charge is 2.26. The van der Waals surface area contributed by atoms with E-state index in [0.29, 0.717) is 12.8 Å². The van der Waals surface area contributed by atoms with Gasteiger partial charge >= 0.3 is 0 Å². The molecule has 0 bridgehead atoms. The van der Waals surface area contributed by atoms with Crippen molar-refractivity contribution in [2.45, 2.75) is 232 Å². The van der Waals surface area contributed by atoms with Gasteiger partial charge in [-0.3, -0.25) is 14.4 Å². The van der Waals surface area contributed by atoms with E-state index in [-0.39, 0.29) is 17.5 Å². The predicted molar refractivity (Wildman–Crippen MR) is 187 cm³/mol. The SMILES string of the molecule is CCCCCCCCCCCCCCCCCC(=O)C(NC(C)=O)C(=O)CCCCCCCCCCCCCCCCC. The van der Waals surface area contributed by atoms with Crippen molar-refractivity contribution < 1.29 is 14.4 Å². The fourth-order valence-corrected chi connectivity index (χ4v) is 6.17. The molecule has 0 spiro atoms. The van der Waals surface area contributed by atoms with Crippen LogP contribution in [-0.4, -0.2) is 23.5 Å². The zero-order chi connectivity index (χ0) is 31.6. The summed E-state index contributed by atoms with van der Waals surface area (Å²) in [6.45, 7) is 5.94. The zero-order valence-corrected chi connectivity index (χ0v) is 29.4. The second kappa shape index (κ2) is 33.7. The Labute approximate surface area is 269 Å². The molecule has 0 fully saturated rings. The van der Waals surface area contributed by atoms with Crippen LogP contribution in [0.4, 0.5) is 0 Å². The van der Waals surface area contributed by atoms with Gasteiger partial charge in [0.2, 0.25) is 5.91 Å². The minimum atomic E-state index is -0.934. The lowest BCUT2D eigenvalue weighted by molar-refractivity contribution is -0.134. The monoisotopic (exact) mass is 606 g/mol. The van der Waals surface area contributed by atoms with Gasteiger partial charge in [-0.25, -0.2) is 0 Å². The van der Waals surface area contributed by atoms with Crippen molar-refractivity contribution in [2.75, 3.05) is 0 Å². The Hall–Kier alpha value is -1.19. The number of Topliss-reactive ketones (excluding diaryl/α,β-unsaturated/α-hetero) is 2. The van der Waals surface area contributed by atoms with E-state index in [9.17, 15) is 14.4 Å². The number of nitrogens with one attached hydrogen (secondary N) is 1. The lowest BCUT2D eigenvalue weighted by Gasteiger charge is -2.15. The molecule has 0 rings (SSSR count). The number of ketones is 2. The molecule has 0 aromatic rings. The summed E-state index contributed by atoms with van der Waals surface area (Å²) < 4.78 is 0. The minimum Gasteiger partial charge on any atom is -0.340 e. The van der Waals surface area contributed by atoms with Crippen LogP contribution in [0.5, 0.6) is 0 Å². The van der Waals surface area contributed by atoms with Gasteiger partial charge in [0.05, 0.1) is 0 Å². The van der Waals surface area contributed by atoms with Crippen LogP contribution in [0.1, 0.15) is 226 Å². The van der Waals surface area contributed by atoms with Crippen molar-refractivity contribution in [3.63, 3.8) is 0 Å². The van der Waals surface area contributed by atoms with Crippen LogP contribution in [-0.2, 0) is 14.4 Å². The summed E-state index contributed by atoms with van der Waals surface area (Å²) in [6, 6.07) is -0.934. The smallest absolute Gasteiger partial charge is 0.217 e. The van der Waals surface area contributed by atoms with Crippen LogP contribution in [0.15, 0.2) is 0 Å². The molecule has 4 heteroatoms. The first-order chi connectivity index (χ1) is 21.0. The maximum atomic E-state index is 12.8. The molecular weight excluding hydrogens is 530 g/mol. The molecule has 0 radical (unpaired) electrons. The van der Waals surface area contributed by atoms with E-state index in [0.717, 1.165) is 38.5 Å². The van der Waals surface area contributed by atoms with Crippen LogP contribution in [0.3, 0.4) is 0 Å². The molecule has 0 aliphatic rings. The number of amides is 1. The van der Waals surface area contributed by atoms with Crippen molar-refractivity contribution in [1.29, 1.82) is 0 Å². The highest BCUT2D eigenvalue weighted by Crippen LogP contribution is 2.16. The van der Waals surface area contributed by atoms with E-state index in [4.69, 9.17) is 0 Å². The number of hydrogen-bond donors (Lipinski definition) is 1. The van der Waals surface area contributed by atoms with Gasteiger partial charge < -0.3 is 5.32 Å². The molecule has 0 aromatic carbocycles. The third-order valence-electron chi connectivity index (χ3n) is 9.05. The molecule has 0 aliphatic heterocycles. The number of rotatable bonds is 35. The van der Waals surface area contributed by atoms with E-state index in [1.807, 2.05) is 0 Å². The molecule has 0 aliphatic carbocycles. The van der Waals surface area contributed by atoms with E-state index < -0.39 is 6.04 Å². The Kier molecular flexibility index (Phi) is 32.8. The number of carbonyl (C=O) groups is 3. The quantitative estimate of drug-likeness (QED) is 0.0577. The minimum absolute atomic E-state index is 0.101. The second-order valence-corrected chi connectivity index (χ2v) is 13.5. The first-order valence-electron chi connectivity index (χ1n) is 19.3. The maximum Gasteiger partial charge on any atom is 0.217 e. The van der Waals surface area contributed by atoms with E-state index >= 15 is 0 Å². The first-order valence-corrected chi connectivity index (χ1v) is 19.3. The Morgan fingerprint density at radius 1 is 0.372 bits per heavy atom. The van der Waals surface area contributed by atoms with Crippen LogP contribution >= 0.6 is 0 Å². The summed E-state index contributed by atoms with van der Waals surface area (Å²) in [5, 5.41) is 2.65. The number of unbranched alkanes of at least 4 members (excludes halogenated alkanes) is 28. The number of carbonyl (C=O) groups excluding carboxylic acids is 3. The Bertz CT molecular complexity index is 586. The Balaban J connectivity index is 3.76. The molecule has 0 atom stereocenters. The molecule has 1 N–H and O–H groups in total. The summed E-state index contributed by atoms with van der Waals surface area (Å²) in [4.78, 5) is 37.2. The second-order valence-electron chi connectivity index (χ2n) is 13.5. The molecule has 0 unspecified atom stereocenters. The summed E-state index contributed by atoms with van der Waals surface area (Å²) in [6.07, 6.45) is 39.4. The fraction of sp³-hybridized carbons (Fsp3) is 0.923. The largest absolute Gasteiger partial charge is 0.340 e. The topological polar surface area (TPSA) is 63.2 Å². The van der Waals surface area contributed by atoms with Gasteiger partial charge in [-0.05, 0) is 12.8 Å². The van der Waals surface area contributed by atoms with Gasteiger partial charge in [0.1, 0.15) is 6.04 Å². The molecule has 0 heterocycles. The van der Waals surface area contributed by atoms with E-state index in [2.05, 4.69) is 19.2 Å². The van der Waals surface area contributed by atoms with Gasteiger partial charge in [0.25, 0.3) is 0 Å². The summed E-state index contributed by atoms with van der Waals surface area (Å²) in [5.41, 5.74) is 0. The molecule has 0 saturated carbocycles. The number of hydrogen-bond acceptors (Lipinski definition) is 3. The van der Waals surface area contributed by atoms with Gasteiger partial charge in [0, 0.05) is 19.8 Å². The molecule has 43 heavy (non-hydrogen) atoms. The first kappa shape index (κ1) is 41.8. The Morgan fingerprint density at radius 3 is 0.791 bits per heavy atom. The molecule has 4 nitrogen and oxygen atoms in total. The maximum absolute atomic E-state index is 12.8. The molecule has 0 saturated heterocycles. The highest BCUT2D eigenvalue weighted by atomic mass is 16.2. The average molecular weight is 606 g/mol. The van der Waals surface area contributed by atoms with Gasteiger partial charge in [-0.1, -0.05) is 194 Å². The normalized spacial score (nSPS) is 11.3. The molecule has 0 aromatic heterocycles.